The van der Waals surface area contributed by atoms with E-state index in [0.29, 0.717) is 16.3 Å². The Morgan fingerprint density at radius 3 is 2.61 bits per heavy atom. The normalized spacial score (nSPS) is 16.8. The zero-order valence-corrected chi connectivity index (χ0v) is 13.3. The third-order valence-electron chi connectivity index (χ3n) is 3.68. The minimum absolute atomic E-state index is 0.0572. The van der Waals surface area contributed by atoms with Gasteiger partial charge < -0.3 is 10.1 Å². The zero-order chi connectivity index (χ0) is 16.1. The van der Waals surface area contributed by atoms with Gasteiger partial charge in [0.25, 0.3) is 5.91 Å². The summed E-state index contributed by atoms with van der Waals surface area (Å²) in [5, 5.41) is 4.67. The monoisotopic (exact) mass is 327 g/mol. The standard InChI is InChI=1S/C18H17NO3S/c20-17(16-7-4-12-23-16)19-14-8-10-15(11-9-14)22-18(21)13-5-2-1-3-6-13/h1-2,4,7-13H,3,5-6H2,(H,19,20). The van der Waals surface area contributed by atoms with E-state index < -0.39 is 0 Å². The third kappa shape index (κ3) is 4.07. The summed E-state index contributed by atoms with van der Waals surface area (Å²) in [4.78, 5) is 24.7. The maximum absolute atomic E-state index is 12.1. The minimum atomic E-state index is -0.190. The van der Waals surface area contributed by atoms with E-state index in [9.17, 15) is 9.59 Å². The molecule has 0 fully saturated rings. The number of carbonyl (C=O) groups excluding carboxylic acids is 2. The first kappa shape index (κ1) is 15.5. The van der Waals surface area contributed by atoms with E-state index in [4.69, 9.17) is 4.74 Å². The number of anilines is 1. The van der Waals surface area contributed by atoms with Crippen LogP contribution in [0.1, 0.15) is 28.9 Å². The number of esters is 1. The Balaban J connectivity index is 1.57. The molecule has 3 rings (SSSR count). The summed E-state index contributed by atoms with van der Waals surface area (Å²) in [6.07, 6.45) is 6.62. The molecule has 4 nitrogen and oxygen atoms in total. The molecule has 1 N–H and O–H groups in total. The molecule has 1 heterocycles. The van der Waals surface area contributed by atoms with Crippen LogP contribution in [0.25, 0.3) is 0 Å². The van der Waals surface area contributed by atoms with Crippen molar-refractivity contribution in [2.45, 2.75) is 19.3 Å². The number of rotatable bonds is 4. The van der Waals surface area contributed by atoms with E-state index in [1.54, 1.807) is 30.3 Å². The van der Waals surface area contributed by atoms with Gasteiger partial charge in [-0.1, -0.05) is 18.2 Å². The van der Waals surface area contributed by atoms with Crippen LogP contribution < -0.4 is 10.1 Å². The van der Waals surface area contributed by atoms with Crippen LogP contribution in [-0.4, -0.2) is 11.9 Å². The van der Waals surface area contributed by atoms with Gasteiger partial charge in [-0.25, -0.2) is 0 Å². The van der Waals surface area contributed by atoms with Gasteiger partial charge in [-0.05, 0) is 55.0 Å². The van der Waals surface area contributed by atoms with Gasteiger partial charge in [-0.15, -0.1) is 11.3 Å². The molecule has 2 aromatic rings. The number of benzene rings is 1. The van der Waals surface area contributed by atoms with Crippen LogP contribution >= 0.6 is 11.3 Å². The maximum atomic E-state index is 12.1. The SMILES string of the molecule is O=C(Nc1ccc(OC(=O)C2CC=CCC2)cc1)c1cccs1. The molecule has 0 radical (unpaired) electrons. The summed E-state index contributed by atoms with van der Waals surface area (Å²) < 4.78 is 5.40. The molecule has 23 heavy (non-hydrogen) atoms. The molecule has 0 bridgehead atoms. The third-order valence-corrected chi connectivity index (χ3v) is 4.55. The number of ether oxygens (including phenoxy) is 1. The van der Waals surface area contributed by atoms with Gasteiger partial charge in [-0.3, -0.25) is 9.59 Å². The Morgan fingerprint density at radius 2 is 1.96 bits per heavy atom. The lowest BCUT2D eigenvalue weighted by Crippen LogP contribution is -2.21. The molecule has 1 atom stereocenters. The molecule has 0 aliphatic heterocycles. The van der Waals surface area contributed by atoms with E-state index in [0.717, 1.165) is 19.3 Å². The smallest absolute Gasteiger partial charge is 0.314 e. The summed E-state index contributed by atoms with van der Waals surface area (Å²) in [5.74, 6) is 0.111. The number of allylic oxidation sites excluding steroid dienone is 2. The molecule has 1 aromatic heterocycles. The van der Waals surface area contributed by atoms with Crippen molar-refractivity contribution in [2.75, 3.05) is 5.32 Å². The minimum Gasteiger partial charge on any atom is -0.426 e. The second kappa shape index (κ2) is 7.24. The van der Waals surface area contributed by atoms with Crippen LogP contribution in [-0.2, 0) is 4.79 Å². The second-order valence-electron chi connectivity index (χ2n) is 5.36. The Kier molecular flexibility index (Phi) is 4.88. The fourth-order valence-electron chi connectivity index (χ4n) is 2.41. The van der Waals surface area contributed by atoms with Crippen molar-refractivity contribution in [2.24, 2.45) is 5.92 Å². The highest BCUT2D eigenvalue weighted by Crippen LogP contribution is 2.23. The lowest BCUT2D eigenvalue weighted by molar-refractivity contribution is -0.139. The van der Waals surface area contributed by atoms with Crippen molar-refractivity contribution < 1.29 is 14.3 Å². The summed E-state index contributed by atoms with van der Waals surface area (Å²) in [5.41, 5.74) is 0.670. The number of hydrogen-bond donors (Lipinski definition) is 1. The van der Waals surface area contributed by atoms with Gasteiger partial charge in [0.05, 0.1) is 10.8 Å². The van der Waals surface area contributed by atoms with Gasteiger partial charge in [0.1, 0.15) is 5.75 Å². The molecule has 1 unspecified atom stereocenters. The van der Waals surface area contributed by atoms with Crippen molar-refractivity contribution in [1.29, 1.82) is 0 Å². The van der Waals surface area contributed by atoms with Crippen LogP contribution in [0.15, 0.2) is 53.9 Å². The van der Waals surface area contributed by atoms with Crippen molar-refractivity contribution in [3.63, 3.8) is 0 Å². The lowest BCUT2D eigenvalue weighted by Gasteiger charge is -2.16. The molecule has 0 spiro atoms. The predicted molar refractivity (Wildman–Crippen MR) is 90.8 cm³/mol. The largest absolute Gasteiger partial charge is 0.426 e. The summed E-state index contributed by atoms with van der Waals surface area (Å²) >= 11 is 1.39. The summed E-state index contributed by atoms with van der Waals surface area (Å²) in [7, 11) is 0. The Hall–Kier alpha value is -2.40. The van der Waals surface area contributed by atoms with Gasteiger partial charge in [0.15, 0.2) is 0 Å². The average Bonchev–Trinajstić information content (AvgIpc) is 3.12. The van der Waals surface area contributed by atoms with Crippen molar-refractivity contribution in [3.8, 4) is 5.75 Å². The van der Waals surface area contributed by atoms with E-state index in [1.165, 1.54) is 11.3 Å². The van der Waals surface area contributed by atoms with E-state index in [-0.39, 0.29) is 17.8 Å². The van der Waals surface area contributed by atoms with Crippen LogP contribution in [0.4, 0.5) is 5.69 Å². The molecule has 1 aliphatic rings. The Morgan fingerprint density at radius 1 is 1.13 bits per heavy atom. The molecule has 1 aliphatic carbocycles. The molecule has 1 amide bonds. The van der Waals surface area contributed by atoms with Gasteiger partial charge in [-0.2, -0.15) is 0 Å². The first-order valence-electron chi connectivity index (χ1n) is 7.54. The predicted octanol–water partition coefficient (Wildman–Crippen LogP) is 4.26. The topological polar surface area (TPSA) is 55.4 Å². The number of thiophene rings is 1. The van der Waals surface area contributed by atoms with E-state index in [2.05, 4.69) is 11.4 Å². The highest BCUT2D eigenvalue weighted by Gasteiger charge is 2.20. The highest BCUT2D eigenvalue weighted by atomic mass is 32.1. The number of amides is 1. The fourth-order valence-corrected chi connectivity index (χ4v) is 3.03. The van der Waals surface area contributed by atoms with Crippen molar-refractivity contribution in [1.82, 2.24) is 0 Å². The van der Waals surface area contributed by atoms with E-state index in [1.807, 2.05) is 17.5 Å². The number of carbonyl (C=O) groups is 2. The van der Waals surface area contributed by atoms with Gasteiger partial charge in [0, 0.05) is 5.69 Å². The lowest BCUT2D eigenvalue weighted by atomic mass is 9.95. The van der Waals surface area contributed by atoms with Crippen LogP contribution in [0, 0.1) is 5.92 Å². The highest BCUT2D eigenvalue weighted by molar-refractivity contribution is 7.12. The van der Waals surface area contributed by atoms with Crippen molar-refractivity contribution in [3.05, 3.63) is 58.8 Å². The first-order chi connectivity index (χ1) is 11.2. The maximum Gasteiger partial charge on any atom is 0.314 e. The molecular weight excluding hydrogens is 310 g/mol. The molecule has 0 saturated heterocycles. The molecule has 1 aromatic carbocycles. The molecular formula is C18H17NO3S. The van der Waals surface area contributed by atoms with Crippen LogP contribution in [0.2, 0.25) is 0 Å². The summed E-state index contributed by atoms with van der Waals surface area (Å²) in [6, 6.07) is 10.5. The summed E-state index contributed by atoms with van der Waals surface area (Å²) in [6.45, 7) is 0. The number of hydrogen-bond acceptors (Lipinski definition) is 4. The van der Waals surface area contributed by atoms with Crippen molar-refractivity contribution >= 4 is 28.9 Å². The quantitative estimate of drug-likeness (QED) is 0.518. The van der Waals surface area contributed by atoms with E-state index >= 15 is 0 Å². The van der Waals surface area contributed by atoms with Gasteiger partial charge in [0.2, 0.25) is 0 Å². The first-order valence-corrected chi connectivity index (χ1v) is 8.42. The molecule has 118 valence electrons. The average molecular weight is 327 g/mol. The van der Waals surface area contributed by atoms with Crippen LogP contribution in [0.3, 0.4) is 0 Å². The molecule has 5 heteroatoms. The Bertz CT molecular complexity index is 704. The Labute approximate surface area is 138 Å². The zero-order valence-electron chi connectivity index (χ0n) is 12.5. The number of nitrogens with one attached hydrogen (secondary N) is 1. The molecule has 0 saturated carbocycles. The van der Waals surface area contributed by atoms with Crippen LogP contribution in [0.5, 0.6) is 5.75 Å². The van der Waals surface area contributed by atoms with Gasteiger partial charge >= 0.3 is 5.97 Å². The fraction of sp³-hybridized carbons (Fsp3) is 0.222. The second-order valence-corrected chi connectivity index (χ2v) is 6.31.